The standard InChI is InChI=1S/C28H25ClN6S/c29-24-11-9-19(10-12-24)14-30-28(36)33-27-31-25(34-15-20-5-1-2-6-21(20)16-34)13-26(32-27)35-17-22-7-3-4-8-23(22)18-35/h1-13H,14-18H2,(H2,30,31,32,33,36). The highest BCUT2D eigenvalue weighted by Gasteiger charge is 2.25. The fourth-order valence-electron chi connectivity index (χ4n) is 4.72. The van der Waals surface area contributed by atoms with E-state index in [-0.39, 0.29) is 0 Å². The number of anilines is 3. The highest BCUT2D eigenvalue weighted by atomic mass is 35.5. The maximum atomic E-state index is 6.00. The molecule has 0 atom stereocenters. The molecule has 0 saturated heterocycles. The van der Waals surface area contributed by atoms with Gasteiger partial charge in [-0.2, -0.15) is 9.97 Å². The number of hydrogen-bond donors (Lipinski definition) is 2. The van der Waals surface area contributed by atoms with Gasteiger partial charge in [0.2, 0.25) is 5.95 Å². The quantitative estimate of drug-likeness (QED) is 0.335. The molecule has 0 spiro atoms. The topological polar surface area (TPSA) is 56.3 Å². The van der Waals surface area contributed by atoms with Gasteiger partial charge in [0.25, 0.3) is 0 Å². The number of rotatable bonds is 5. The van der Waals surface area contributed by atoms with E-state index in [1.54, 1.807) is 0 Å². The SMILES string of the molecule is S=C(NCc1ccc(Cl)cc1)Nc1nc(N2Cc3ccccc3C2)cc(N2Cc3ccccc3C2)n1. The van der Waals surface area contributed by atoms with Crippen LogP contribution in [0.4, 0.5) is 17.6 Å². The molecular weight excluding hydrogens is 488 g/mol. The molecule has 6 nitrogen and oxygen atoms in total. The molecule has 2 N–H and O–H groups in total. The van der Waals surface area contributed by atoms with E-state index >= 15 is 0 Å². The van der Waals surface area contributed by atoms with Crippen molar-refractivity contribution in [3.63, 3.8) is 0 Å². The Labute approximate surface area is 221 Å². The van der Waals surface area contributed by atoms with Crippen LogP contribution in [-0.4, -0.2) is 15.1 Å². The Balaban J connectivity index is 1.24. The summed E-state index contributed by atoms with van der Waals surface area (Å²) in [4.78, 5) is 14.3. The van der Waals surface area contributed by atoms with Crippen LogP contribution in [0.25, 0.3) is 0 Å². The van der Waals surface area contributed by atoms with Crippen LogP contribution in [0, 0.1) is 0 Å². The summed E-state index contributed by atoms with van der Waals surface area (Å²) in [6, 6.07) is 26.9. The second kappa shape index (κ2) is 9.76. The van der Waals surface area contributed by atoms with Crippen LogP contribution in [0.3, 0.4) is 0 Å². The third-order valence-corrected chi connectivity index (χ3v) is 7.12. The van der Waals surface area contributed by atoms with E-state index in [2.05, 4.69) is 75.0 Å². The molecule has 0 bridgehead atoms. The van der Waals surface area contributed by atoms with Crippen molar-refractivity contribution < 1.29 is 0 Å². The number of hydrogen-bond acceptors (Lipinski definition) is 5. The van der Waals surface area contributed by atoms with E-state index in [1.165, 1.54) is 22.3 Å². The maximum absolute atomic E-state index is 6.00. The van der Waals surface area contributed by atoms with E-state index in [4.69, 9.17) is 33.8 Å². The number of nitrogens with zero attached hydrogens (tertiary/aromatic N) is 4. The summed E-state index contributed by atoms with van der Waals surface area (Å²) in [6.45, 7) is 3.88. The van der Waals surface area contributed by atoms with Crippen LogP contribution in [0.15, 0.2) is 78.9 Å². The zero-order valence-corrected chi connectivity index (χ0v) is 21.2. The number of benzene rings is 3. The molecule has 0 unspecified atom stereocenters. The number of thiocarbonyl (C=S) groups is 1. The maximum Gasteiger partial charge on any atom is 0.232 e. The van der Waals surface area contributed by atoms with Crippen molar-refractivity contribution in [1.82, 2.24) is 15.3 Å². The Morgan fingerprint density at radius 2 is 1.22 bits per heavy atom. The number of nitrogens with one attached hydrogen (secondary N) is 2. The minimum atomic E-state index is 0.475. The molecule has 0 aliphatic carbocycles. The van der Waals surface area contributed by atoms with Crippen molar-refractivity contribution in [1.29, 1.82) is 0 Å². The third-order valence-electron chi connectivity index (χ3n) is 6.62. The molecule has 3 aromatic carbocycles. The summed E-state index contributed by atoms with van der Waals surface area (Å²) in [5.41, 5.74) is 6.42. The summed E-state index contributed by atoms with van der Waals surface area (Å²) < 4.78 is 0. The molecule has 180 valence electrons. The van der Waals surface area contributed by atoms with E-state index in [0.717, 1.165) is 43.4 Å². The Kier molecular flexibility index (Phi) is 6.17. The van der Waals surface area contributed by atoms with Crippen molar-refractivity contribution >= 4 is 46.5 Å². The van der Waals surface area contributed by atoms with E-state index in [1.807, 2.05) is 24.3 Å². The summed E-state index contributed by atoms with van der Waals surface area (Å²) in [6.07, 6.45) is 0. The Morgan fingerprint density at radius 3 is 1.69 bits per heavy atom. The fourth-order valence-corrected chi connectivity index (χ4v) is 5.01. The van der Waals surface area contributed by atoms with Gasteiger partial charge in [0.1, 0.15) is 11.6 Å². The monoisotopic (exact) mass is 512 g/mol. The second-order valence-corrected chi connectivity index (χ2v) is 9.94. The van der Waals surface area contributed by atoms with Crippen LogP contribution in [0.5, 0.6) is 0 Å². The molecule has 0 amide bonds. The van der Waals surface area contributed by atoms with E-state index in [9.17, 15) is 0 Å². The molecule has 3 heterocycles. The molecule has 1 aromatic heterocycles. The van der Waals surface area contributed by atoms with E-state index in [0.29, 0.717) is 22.6 Å². The summed E-state index contributed by atoms with van der Waals surface area (Å²) in [5.74, 6) is 2.26. The number of aromatic nitrogens is 2. The first-order valence-corrected chi connectivity index (χ1v) is 12.7. The second-order valence-electron chi connectivity index (χ2n) is 9.09. The predicted molar refractivity (Wildman–Crippen MR) is 149 cm³/mol. The van der Waals surface area contributed by atoms with Gasteiger partial charge in [-0.3, -0.25) is 0 Å². The molecule has 0 radical (unpaired) electrons. The molecule has 4 aromatic rings. The van der Waals surface area contributed by atoms with Crippen LogP contribution >= 0.6 is 23.8 Å². The first-order chi connectivity index (χ1) is 17.6. The zero-order valence-electron chi connectivity index (χ0n) is 19.6. The van der Waals surface area contributed by atoms with E-state index < -0.39 is 0 Å². The van der Waals surface area contributed by atoms with Crippen LogP contribution < -0.4 is 20.4 Å². The van der Waals surface area contributed by atoms with Gasteiger partial charge in [0.05, 0.1) is 0 Å². The zero-order chi connectivity index (χ0) is 24.5. The summed E-state index contributed by atoms with van der Waals surface area (Å²) >= 11 is 11.6. The highest BCUT2D eigenvalue weighted by Crippen LogP contribution is 2.32. The van der Waals surface area contributed by atoms with Gasteiger partial charge in [-0.05, 0) is 52.2 Å². The largest absolute Gasteiger partial charge is 0.358 e. The fraction of sp³-hybridized carbons (Fsp3) is 0.179. The first-order valence-electron chi connectivity index (χ1n) is 11.9. The van der Waals surface area contributed by atoms with Gasteiger partial charge in [0.15, 0.2) is 5.11 Å². The minimum Gasteiger partial charge on any atom is -0.358 e. The highest BCUT2D eigenvalue weighted by molar-refractivity contribution is 7.80. The lowest BCUT2D eigenvalue weighted by atomic mass is 10.1. The van der Waals surface area contributed by atoms with Crippen LogP contribution in [-0.2, 0) is 32.7 Å². The lowest BCUT2D eigenvalue weighted by Gasteiger charge is -2.22. The van der Waals surface area contributed by atoms with Crippen molar-refractivity contribution in [3.05, 3.63) is 112 Å². The molecule has 36 heavy (non-hydrogen) atoms. The van der Waals surface area contributed by atoms with Gasteiger partial charge in [-0.25, -0.2) is 0 Å². The van der Waals surface area contributed by atoms with Crippen molar-refractivity contribution in [2.24, 2.45) is 0 Å². The predicted octanol–water partition coefficient (Wildman–Crippen LogP) is 5.66. The lowest BCUT2D eigenvalue weighted by Crippen LogP contribution is -2.29. The molecule has 6 rings (SSSR count). The van der Waals surface area contributed by atoms with Crippen molar-refractivity contribution in [2.75, 3.05) is 15.1 Å². The van der Waals surface area contributed by atoms with Crippen molar-refractivity contribution in [2.45, 2.75) is 32.7 Å². The number of fused-ring (bicyclic) bond motifs is 2. The minimum absolute atomic E-state index is 0.475. The van der Waals surface area contributed by atoms with Gasteiger partial charge in [0, 0.05) is 43.8 Å². The van der Waals surface area contributed by atoms with Gasteiger partial charge in [-0.15, -0.1) is 0 Å². The first kappa shape index (κ1) is 22.8. The van der Waals surface area contributed by atoms with Gasteiger partial charge in [-0.1, -0.05) is 72.3 Å². The summed E-state index contributed by atoms with van der Waals surface area (Å²) in [7, 11) is 0. The average molecular weight is 513 g/mol. The summed E-state index contributed by atoms with van der Waals surface area (Å²) in [5, 5.41) is 7.64. The lowest BCUT2D eigenvalue weighted by molar-refractivity contribution is 0.827. The van der Waals surface area contributed by atoms with Crippen LogP contribution in [0.2, 0.25) is 5.02 Å². The average Bonchev–Trinajstić information content (AvgIpc) is 3.53. The van der Waals surface area contributed by atoms with Gasteiger partial charge < -0.3 is 20.4 Å². The molecule has 0 saturated carbocycles. The number of halogens is 1. The normalized spacial score (nSPS) is 13.9. The van der Waals surface area contributed by atoms with Crippen molar-refractivity contribution in [3.8, 4) is 0 Å². The smallest absolute Gasteiger partial charge is 0.232 e. The third kappa shape index (κ3) is 4.85. The Hall–Kier alpha value is -3.68. The molecule has 2 aliphatic heterocycles. The molecule has 8 heteroatoms. The Bertz CT molecular complexity index is 1300. The Morgan fingerprint density at radius 1 is 0.750 bits per heavy atom. The molecule has 0 fully saturated rings. The molecule has 2 aliphatic rings. The molecular formula is C28H25ClN6S. The van der Waals surface area contributed by atoms with Gasteiger partial charge >= 0.3 is 0 Å². The van der Waals surface area contributed by atoms with Crippen LogP contribution in [0.1, 0.15) is 27.8 Å².